The molecule has 2 aromatic heterocycles. The molecule has 1 aromatic carbocycles. The number of carbonyl (C=O) groups is 2. The molecule has 0 amide bonds. The van der Waals surface area contributed by atoms with Crippen LogP contribution < -0.4 is 5.73 Å². The Kier molecular flexibility index (Phi) is 8.61. The lowest BCUT2D eigenvalue weighted by molar-refractivity contribution is -0.134. The summed E-state index contributed by atoms with van der Waals surface area (Å²) in [6.07, 6.45) is 5.47. The maximum atomic E-state index is 9.55. The summed E-state index contributed by atoms with van der Waals surface area (Å²) in [5, 5.41) is 22.3. The first kappa shape index (κ1) is 23.6. The van der Waals surface area contributed by atoms with Gasteiger partial charge in [0, 0.05) is 42.0 Å². The van der Waals surface area contributed by atoms with Gasteiger partial charge in [0.1, 0.15) is 5.69 Å². The minimum absolute atomic E-state index is 0.328. The number of aromatic nitrogens is 3. The zero-order valence-electron chi connectivity index (χ0n) is 15.4. The minimum atomic E-state index is -1.26. The molecule has 0 saturated heterocycles. The van der Waals surface area contributed by atoms with Gasteiger partial charge in [-0.05, 0) is 31.2 Å². The van der Waals surface area contributed by atoms with E-state index in [1.54, 1.807) is 18.5 Å². The fraction of sp³-hybridized carbons (Fsp3) is 0.158. The van der Waals surface area contributed by atoms with Crippen LogP contribution in [0.5, 0.6) is 0 Å². The van der Waals surface area contributed by atoms with Gasteiger partial charge in [0.05, 0.1) is 20.6 Å². The largest absolute Gasteiger partial charge is 0.478 e. The normalized spacial score (nSPS) is 10.8. The van der Waals surface area contributed by atoms with Gasteiger partial charge in [-0.3, -0.25) is 9.67 Å². The summed E-state index contributed by atoms with van der Waals surface area (Å²) >= 11 is 18.5. The maximum absolute atomic E-state index is 9.55. The van der Waals surface area contributed by atoms with Crippen molar-refractivity contribution in [3.05, 3.63) is 57.8 Å². The molecular weight excluding hydrogens is 455 g/mol. The third-order valence-electron chi connectivity index (χ3n) is 3.78. The van der Waals surface area contributed by atoms with E-state index >= 15 is 0 Å². The van der Waals surface area contributed by atoms with E-state index in [1.165, 1.54) is 0 Å². The van der Waals surface area contributed by atoms with Gasteiger partial charge < -0.3 is 15.9 Å². The van der Waals surface area contributed by atoms with Gasteiger partial charge in [0.2, 0.25) is 0 Å². The number of carboxylic acids is 2. The molecule has 0 unspecified atom stereocenters. The molecule has 3 aromatic rings. The lowest BCUT2D eigenvalue weighted by Crippen LogP contribution is -2.06. The number of fused-ring (bicyclic) bond motifs is 1. The number of hydrogen-bond acceptors (Lipinski definition) is 5. The molecule has 4 N–H and O–H groups in total. The molecule has 0 radical (unpaired) electrons. The highest BCUT2D eigenvalue weighted by molar-refractivity contribution is 6.49. The first-order valence-corrected chi connectivity index (χ1v) is 9.68. The van der Waals surface area contributed by atoms with E-state index in [2.05, 4.69) is 10.1 Å². The summed E-state index contributed by atoms with van der Waals surface area (Å²) < 4.78 is 1.91. The molecule has 0 saturated carbocycles. The maximum Gasteiger partial charge on any atom is 0.328 e. The summed E-state index contributed by atoms with van der Waals surface area (Å²) in [6.45, 7) is 1.34. The molecule has 30 heavy (non-hydrogen) atoms. The number of pyridine rings is 1. The second-order valence-electron chi connectivity index (χ2n) is 5.84. The fourth-order valence-electron chi connectivity index (χ4n) is 2.48. The predicted molar refractivity (Wildman–Crippen MR) is 116 cm³/mol. The topological polar surface area (TPSA) is 131 Å². The second-order valence-corrected chi connectivity index (χ2v) is 7.00. The van der Waals surface area contributed by atoms with E-state index in [4.69, 9.17) is 50.7 Å². The average Bonchev–Trinajstić information content (AvgIpc) is 3.08. The highest BCUT2D eigenvalue weighted by atomic mass is 35.5. The van der Waals surface area contributed by atoms with E-state index in [-0.39, 0.29) is 0 Å². The van der Waals surface area contributed by atoms with Gasteiger partial charge in [0.25, 0.3) is 0 Å². The molecule has 2 heterocycles. The molecule has 0 aliphatic rings. The lowest BCUT2D eigenvalue weighted by Gasteiger charge is -2.05. The van der Waals surface area contributed by atoms with Crippen LogP contribution in [-0.4, -0.2) is 43.5 Å². The molecule has 0 spiro atoms. The van der Waals surface area contributed by atoms with Crippen molar-refractivity contribution >= 4 is 57.6 Å². The molecule has 0 aliphatic heterocycles. The first-order valence-electron chi connectivity index (χ1n) is 8.54. The van der Waals surface area contributed by atoms with Gasteiger partial charge in [-0.25, -0.2) is 9.59 Å². The van der Waals surface area contributed by atoms with Crippen molar-refractivity contribution in [2.75, 3.05) is 6.54 Å². The van der Waals surface area contributed by atoms with Gasteiger partial charge in [0.15, 0.2) is 0 Å². The van der Waals surface area contributed by atoms with Crippen LogP contribution in [0.3, 0.4) is 0 Å². The number of halogens is 3. The van der Waals surface area contributed by atoms with E-state index in [9.17, 15) is 9.59 Å². The summed E-state index contributed by atoms with van der Waals surface area (Å²) in [7, 11) is 0. The number of nitrogens with zero attached hydrogens (tertiary/aromatic N) is 3. The Hall–Kier alpha value is -2.65. The van der Waals surface area contributed by atoms with Crippen LogP contribution >= 0.6 is 34.8 Å². The summed E-state index contributed by atoms with van der Waals surface area (Å²) in [4.78, 5) is 23.3. The van der Waals surface area contributed by atoms with Crippen LogP contribution in [0.2, 0.25) is 15.1 Å². The number of nitrogens with two attached hydrogens (primary N) is 1. The van der Waals surface area contributed by atoms with Crippen molar-refractivity contribution in [3.63, 3.8) is 0 Å². The number of benzene rings is 1. The summed E-state index contributed by atoms with van der Waals surface area (Å²) in [5.41, 5.74) is 8.06. The van der Waals surface area contributed by atoms with E-state index in [1.807, 2.05) is 16.8 Å². The Morgan fingerprint density at radius 1 is 1.07 bits per heavy atom. The van der Waals surface area contributed by atoms with E-state index in [0.29, 0.717) is 33.8 Å². The molecule has 0 atom stereocenters. The molecule has 0 fully saturated rings. The smallest absolute Gasteiger partial charge is 0.328 e. The monoisotopic (exact) mass is 470 g/mol. The van der Waals surface area contributed by atoms with Crippen molar-refractivity contribution < 1.29 is 19.8 Å². The van der Waals surface area contributed by atoms with Crippen molar-refractivity contribution in [2.24, 2.45) is 5.73 Å². The van der Waals surface area contributed by atoms with Crippen LogP contribution in [-0.2, 0) is 16.1 Å². The van der Waals surface area contributed by atoms with Crippen LogP contribution in [0.1, 0.15) is 6.42 Å². The standard InChI is InChI=1S/C15H13Cl3N4.C4H4O4/c16-11-3-2-9(13(17)14(11)18)15-10-8-20-6-4-12(10)22(21-15)7-1-5-19;5-3(6)1-2-4(7)8/h2-4,6,8H,1,5,7,19H2;1-2H,(H,5,6)(H,7,8). The number of hydrogen-bond donors (Lipinski definition) is 3. The Morgan fingerprint density at radius 2 is 1.73 bits per heavy atom. The molecule has 158 valence electrons. The minimum Gasteiger partial charge on any atom is -0.478 e. The van der Waals surface area contributed by atoms with Crippen molar-refractivity contribution in [3.8, 4) is 11.3 Å². The van der Waals surface area contributed by atoms with Crippen LogP contribution in [0.15, 0.2) is 42.7 Å². The number of aliphatic carboxylic acids is 2. The first-order chi connectivity index (χ1) is 14.3. The Balaban J connectivity index is 0.000000343. The highest BCUT2D eigenvalue weighted by Crippen LogP contribution is 2.39. The molecule has 3 rings (SSSR count). The third-order valence-corrected chi connectivity index (χ3v) is 5.08. The van der Waals surface area contributed by atoms with Gasteiger partial charge in [-0.1, -0.05) is 34.8 Å². The van der Waals surface area contributed by atoms with Gasteiger partial charge in [-0.15, -0.1) is 0 Å². The lowest BCUT2D eigenvalue weighted by atomic mass is 10.1. The highest BCUT2D eigenvalue weighted by Gasteiger charge is 2.17. The van der Waals surface area contributed by atoms with Crippen molar-refractivity contribution in [1.82, 2.24) is 14.8 Å². The number of rotatable bonds is 6. The fourth-order valence-corrected chi connectivity index (χ4v) is 3.11. The van der Waals surface area contributed by atoms with Crippen molar-refractivity contribution in [1.29, 1.82) is 0 Å². The summed E-state index contributed by atoms with van der Waals surface area (Å²) in [5.74, 6) is -2.51. The molecule has 8 nitrogen and oxygen atoms in total. The van der Waals surface area contributed by atoms with Crippen LogP contribution in [0.25, 0.3) is 22.2 Å². The zero-order valence-corrected chi connectivity index (χ0v) is 17.7. The van der Waals surface area contributed by atoms with Gasteiger partial charge in [-0.2, -0.15) is 5.10 Å². The Labute approximate surface area is 186 Å². The Bertz CT molecular complexity index is 1080. The van der Waals surface area contributed by atoms with Crippen LogP contribution in [0, 0.1) is 0 Å². The molecule has 11 heteroatoms. The third kappa shape index (κ3) is 5.93. The predicted octanol–water partition coefficient (Wildman–Crippen LogP) is 4.12. The Morgan fingerprint density at radius 3 is 2.33 bits per heavy atom. The quantitative estimate of drug-likeness (QED) is 0.364. The number of aryl methyl sites for hydroxylation is 1. The average molecular weight is 472 g/mol. The molecule has 0 aliphatic carbocycles. The molecule has 0 bridgehead atoms. The second kappa shape index (κ2) is 10.9. The summed E-state index contributed by atoms with van der Waals surface area (Å²) in [6, 6.07) is 5.46. The van der Waals surface area contributed by atoms with E-state index in [0.717, 1.165) is 35.1 Å². The van der Waals surface area contributed by atoms with Gasteiger partial charge >= 0.3 is 11.9 Å². The van der Waals surface area contributed by atoms with Crippen LogP contribution in [0.4, 0.5) is 0 Å². The number of carboxylic acid groups (broad SMARTS) is 2. The SMILES string of the molecule is NCCCn1nc(-c2ccc(Cl)c(Cl)c2Cl)c2cnccc21.O=C(O)C=CC(=O)O. The van der Waals surface area contributed by atoms with E-state index < -0.39 is 11.9 Å². The molecular formula is C19H17Cl3N4O4. The van der Waals surface area contributed by atoms with Crippen molar-refractivity contribution in [2.45, 2.75) is 13.0 Å². The zero-order chi connectivity index (χ0) is 22.3.